The number of phenols is 1. The predicted octanol–water partition coefficient (Wildman–Crippen LogP) is 5.79. The van der Waals surface area contributed by atoms with Gasteiger partial charge in [-0.05, 0) is 48.4 Å². The average molecular weight is 511 g/mol. The molecule has 0 aliphatic carbocycles. The molecule has 0 amide bonds. The van der Waals surface area contributed by atoms with Crippen LogP contribution in [-0.2, 0) is 0 Å². The summed E-state index contributed by atoms with van der Waals surface area (Å²) in [6.45, 7) is 2.38. The molecule has 0 spiro atoms. The molecule has 0 aromatic heterocycles. The van der Waals surface area contributed by atoms with E-state index < -0.39 is 0 Å². The van der Waals surface area contributed by atoms with Crippen LogP contribution in [0.25, 0.3) is 0 Å². The van der Waals surface area contributed by atoms with E-state index in [-0.39, 0.29) is 18.0 Å². The van der Waals surface area contributed by atoms with E-state index in [1.165, 1.54) is 0 Å². The molecule has 6 nitrogen and oxygen atoms in total. The zero-order chi connectivity index (χ0) is 23.4. The summed E-state index contributed by atoms with van der Waals surface area (Å²) in [6, 6.07) is 19.3. The molecule has 0 saturated carbocycles. The Morgan fingerprint density at radius 3 is 2.45 bits per heavy atom. The zero-order valence-electron chi connectivity index (χ0n) is 18.8. The van der Waals surface area contributed by atoms with Crippen LogP contribution in [0, 0.1) is 0 Å². The summed E-state index contributed by atoms with van der Waals surface area (Å²) in [7, 11) is 3.23. The van der Waals surface area contributed by atoms with E-state index in [9.17, 15) is 5.11 Å². The first-order valence-electron chi connectivity index (χ1n) is 10.8. The molecule has 3 aromatic carbocycles. The Morgan fingerprint density at radius 1 is 1.00 bits per heavy atom. The first-order chi connectivity index (χ1) is 16.0. The van der Waals surface area contributed by atoms with Gasteiger partial charge >= 0.3 is 0 Å². The summed E-state index contributed by atoms with van der Waals surface area (Å²) in [5, 5.41) is 14.5. The highest BCUT2D eigenvalue weighted by Gasteiger charge is 2.29. The van der Waals surface area contributed by atoms with Gasteiger partial charge in [0.1, 0.15) is 6.17 Å². The number of hydrogen-bond acceptors (Lipinski definition) is 6. The molecule has 3 aromatic rings. The van der Waals surface area contributed by atoms with Crippen molar-refractivity contribution in [3.8, 4) is 23.0 Å². The summed E-state index contributed by atoms with van der Waals surface area (Å²) in [5.74, 6) is 1.93. The molecular formula is C26H27BrN2O4. The first-order valence-corrected chi connectivity index (χ1v) is 11.6. The predicted molar refractivity (Wildman–Crippen MR) is 133 cm³/mol. The lowest BCUT2D eigenvalue weighted by atomic mass is 9.93. The largest absolute Gasteiger partial charge is 0.504 e. The maximum absolute atomic E-state index is 10.9. The lowest BCUT2D eigenvalue weighted by molar-refractivity contribution is 0.313. The monoisotopic (exact) mass is 510 g/mol. The molecule has 1 aliphatic rings. The number of rotatable bonds is 7. The van der Waals surface area contributed by atoms with Crippen LogP contribution in [0.4, 0.5) is 0 Å². The van der Waals surface area contributed by atoms with Crippen LogP contribution < -0.4 is 19.5 Å². The number of benzene rings is 3. The summed E-state index contributed by atoms with van der Waals surface area (Å²) in [4.78, 5) is 5.03. The van der Waals surface area contributed by atoms with Crippen molar-refractivity contribution in [1.29, 1.82) is 0 Å². The van der Waals surface area contributed by atoms with Crippen LogP contribution in [0.15, 0.2) is 70.1 Å². The van der Waals surface area contributed by atoms with E-state index in [1.54, 1.807) is 20.3 Å². The minimum atomic E-state index is -0.336. The van der Waals surface area contributed by atoms with Crippen molar-refractivity contribution in [3.05, 3.63) is 81.8 Å². The second-order valence-corrected chi connectivity index (χ2v) is 8.57. The van der Waals surface area contributed by atoms with Gasteiger partial charge < -0.3 is 19.3 Å². The SMILES string of the molecule is CCOc1cccc([C@@H]2CC(c3ccc(Br)cc3)=N[C@H](c3ccc(OC)c(OC)c3)N2)c1O. The Bertz CT molecular complexity index is 1150. The van der Waals surface area contributed by atoms with Gasteiger partial charge in [-0.2, -0.15) is 0 Å². The Kier molecular flexibility index (Phi) is 7.20. The third-order valence-corrected chi connectivity index (χ3v) is 6.18. The van der Waals surface area contributed by atoms with Crippen LogP contribution in [-0.4, -0.2) is 31.6 Å². The van der Waals surface area contributed by atoms with E-state index in [0.717, 1.165) is 26.9 Å². The summed E-state index contributed by atoms with van der Waals surface area (Å²) < 4.78 is 17.5. The molecule has 2 N–H and O–H groups in total. The van der Waals surface area contributed by atoms with Gasteiger partial charge in [-0.1, -0.05) is 46.3 Å². The van der Waals surface area contributed by atoms with Crippen molar-refractivity contribution in [2.24, 2.45) is 4.99 Å². The number of nitrogens with zero attached hydrogens (tertiary/aromatic N) is 1. The Balaban J connectivity index is 1.77. The van der Waals surface area contributed by atoms with Crippen LogP contribution >= 0.6 is 15.9 Å². The van der Waals surface area contributed by atoms with Crippen molar-refractivity contribution >= 4 is 21.6 Å². The summed E-state index contributed by atoms with van der Waals surface area (Å²) in [6.07, 6.45) is 0.284. The standard InChI is InChI=1S/C26H27BrN2O4/c1-4-33-23-7-5-6-19(25(23)30)21-15-20(16-8-11-18(27)12-9-16)28-26(29-21)17-10-13-22(31-2)24(14-17)32-3/h5-14,21,26,29-30H,4,15H2,1-3H3/t21-,26-/m0/s1. The van der Waals surface area contributed by atoms with Crippen molar-refractivity contribution < 1.29 is 19.3 Å². The van der Waals surface area contributed by atoms with Crippen LogP contribution in [0.5, 0.6) is 23.0 Å². The molecule has 0 fully saturated rings. The molecule has 7 heteroatoms. The van der Waals surface area contributed by atoms with E-state index in [0.29, 0.717) is 30.3 Å². The van der Waals surface area contributed by atoms with Crippen LogP contribution in [0.1, 0.15) is 42.2 Å². The maximum Gasteiger partial charge on any atom is 0.162 e. The molecule has 0 bridgehead atoms. The van der Waals surface area contributed by atoms with E-state index in [2.05, 4.69) is 21.2 Å². The number of aliphatic imine (C=N–C) groups is 1. The maximum atomic E-state index is 10.9. The van der Waals surface area contributed by atoms with Gasteiger partial charge in [0.2, 0.25) is 0 Å². The first kappa shape index (κ1) is 23.1. The number of hydrogen-bond donors (Lipinski definition) is 2. The number of methoxy groups -OCH3 is 2. The quantitative estimate of drug-likeness (QED) is 0.420. The molecule has 33 heavy (non-hydrogen) atoms. The van der Waals surface area contributed by atoms with Crippen molar-refractivity contribution in [2.75, 3.05) is 20.8 Å². The smallest absolute Gasteiger partial charge is 0.162 e. The summed E-state index contributed by atoms with van der Waals surface area (Å²) in [5.41, 5.74) is 3.70. The molecule has 0 unspecified atom stereocenters. The van der Waals surface area contributed by atoms with Crippen molar-refractivity contribution in [3.63, 3.8) is 0 Å². The van der Waals surface area contributed by atoms with Gasteiger partial charge in [0.15, 0.2) is 23.0 Å². The minimum Gasteiger partial charge on any atom is -0.504 e. The third kappa shape index (κ3) is 4.99. The average Bonchev–Trinajstić information content (AvgIpc) is 2.85. The van der Waals surface area contributed by atoms with Crippen LogP contribution in [0.3, 0.4) is 0 Å². The number of nitrogens with one attached hydrogen (secondary N) is 1. The molecule has 4 rings (SSSR count). The highest BCUT2D eigenvalue weighted by Crippen LogP contribution is 2.40. The van der Waals surface area contributed by atoms with Gasteiger partial charge in [-0.15, -0.1) is 0 Å². The van der Waals surface area contributed by atoms with Gasteiger partial charge in [0.25, 0.3) is 0 Å². The van der Waals surface area contributed by atoms with Crippen LogP contribution in [0.2, 0.25) is 0 Å². The van der Waals surface area contributed by atoms with Crippen molar-refractivity contribution in [2.45, 2.75) is 25.6 Å². The Morgan fingerprint density at radius 2 is 1.76 bits per heavy atom. The topological polar surface area (TPSA) is 72.3 Å². The fourth-order valence-electron chi connectivity index (χ4n) is 4.01. The molecule has 1 heterocycles. The fraction of sp³-hybridized carbons (Fsp3) is 0.269. The Labute approximate surface area is 202 Å². The van der Waals surface area contributed by atoms with E-state index in [4.69, 9.17) is 19.2 Å². The molecule has 2 atom stereocenters. The van der Waals surface area contributed by atoms with Gasteiger partial charge in [0.05, 0.1) is 20.8 Å². The fourth-order valence-corrected chi connectivity index (χ4v) is 4.27. The molecule has 172 valence electrons. The Hall–Kier alpha value is -3.03. The highest BCUT2D eigenvalue weighted by molar-refractivity contribution is 9.10. The number of para-hydroxylation sites is 1. The zero-order valence-corrected chi connectivity index (χ0v) is 20.4. The van der Waals surface area contributed by atoms with Gasteiger partial charge in [0, 0.05) is 28.2 Å². The lowest BCUT2D eigenvalue weighted by Crippen LogP contribution is -2.33. The second kappa shape index (κ2) is 10.3. The highest BCUT2D eigenvalue weighted by atomic mass is 79.9. The molecule has 0 radical (unpaired) electrons. The van der Waals surface area contributed by atoms with Gasteiger partial charge in [-0.3, -0.25) is 10.3 Å². The second-order valence-electron chi connectivity index (χ2n) is 7.65. The van der Waals surface area contributed by atoms with Crippen molar-refractivity contribution in [1.82, 2.24) is 5.32 Å². The molecular weight excluding hydrogens is 484 g/mol. The summed E-state index contributed by atoms with van der Waals surface area (Å²) >= 11 is 3.50. The molecule has 0 saturated heterocycles. The minimum absolute atomic E-state index is 0.153. The number of halogens is 1. The normalized spacial score (nSPS) is 17.9. The van der Waals surface area contributed by atoms with E-state index in [1.807, 2.05) is 61.5 Å². The number of aromatic hydroxyl groups is 1. The lowest BCUT2D eigenvalue weighted by Gasteiger charge is -2.31. The van der Waals surface area contributed by atoms with E-state index >= 15 is 0 Å². The number of phenolic OH excluding ortho intramolecular Hbond substituents is 1. The number of ether oxygens (including phenoxy) is 3. The molecule has 1 aliphatic heterocycles. The third-order valence-electron chi connectivity index (χ3n) is 5.65. The van der Waals surface area contributed by atoms with Gasteiger partial charge in [-0.25, -0.2) is 0 Å².